The van der Waals surface area contributed by atoms with Gasteiger partial charge in [-0.3, -0.25) is 13.9 Å². The van der Waals surface area contributed by atoms with Crippen LogP contribution in [0.2, 0.25) is 0 Å². The molecule has 0 spiro atoms. The molecular weight excluding hydrogens is 316 g/mol. The van der Waals surface area contributed by atoms with Gasteiger partial charge in [0.25, 0.3) is 5.56 Å². The Balaban J connectivity index is 2.22. The molecule has 0 aliphatic carbocycles. The minimum absolute atomic E-state index is 0.254. The van der Waals surface area contributed by atoms with Gasteiger partial charge in [0, 0.05) is 32.5 Å². The Hall–Kier alpha value is -2.42. The SMILES string of the molecule is Cc1cc(C)nc(Sc2nc3c(=O)n(C)c(=O)n(C)c3n2C)n1. The number of fused-ring (bicyclic) bond motifs is 1. The van der Waals surface area contributed by atoms with Gasteiger partial charge in [-0.2, -0.15) is 0 Å². The second-order valence-electron chi connectivity index (χ2n) is 5.37. The molecule has 0 unspecified atom stereocenters. The van der Waals surface area contributed by atoms with Gasteiger partial charge in [0.05, 0.1) is 0 Å². The fourth-order valence-electron chi connectivity index (χ4n) is 2.47. The summed E-state index contributed by atoms with van der Waals surface area (Å²) in [5.74, 6) is 0. The summed E-state index contributed by atoms with van der Waals surface area (Å²) in [5, 5.41) is 1.12. The van der Waals surface area contributed by atoms with Gasteiger partial charge in [0.1, 0.15) is 0 Å². The number of nitrogens with zero attached hydrogens (tertiary/aromatic N) is 6. The van der Waals surface area contributed by atoms with Crippen molar-refractivity contribution in [3.8, 4) is 0 Å². The van der Waals surface area contributed by atoms with Crippen molar-refractivity contribution in [3.05, 3.63) is 38.3 Å². The fourth-order valence-corrected chi connectivity index (χ4v) is 3.37. The van der Waals surface area contributed by atoms with E-state index in [1.807, 2.05) is 19.9 Å². The van der Waals surface area contributed by atoms with E-state index in [9.17, 15) is 9.59 Å². The van der Waals surface area contributed by atoms with Gasteiger partial charge in [-0.25, -0.2) is 19.7 Å². The highest BCUT2D eigenvalue weighted by Crippen LogP contribution is 2.25. The zero-order valence-electron chi connectivity index (χ0n) is 13.5. The van der Waals surface area contributed by atoms with Crippen molar-refractivity contribution >= 4 is 22.9 Å². The predicted molar refractivity (Wildman–Crippen MR) is 86.8 cm³/mol. The Labute approximate surface area is 135 Å². The van der Waals surface area contributed by atoms with E-state index in [1.54, 1.807) is 18.7 Å². The van der Waals surface area contributed by atoms with E-state index < -0.39 is 5.56 Å². The average molecular weight is 332 g/mol. The van der Waals surface area contributed by atoms with Crippen molar-refractivity contribution in [2.24, 2.45) is 21.1 Å². The van der Waals surface area contributed by atoms with Gasteiger partial charge < -0.3 is 4.57 Å². The molecule has 3 aromatic heterocycles. The highest BCUT2D eigenvalue weighted by molar-refractivity contribution is 7.99. The van der Waals surface area contributed by atoms with E-state index >= 15 is 0 Å². The van der Waals surface area contributed by atoms with Crippen LogP contribution in [0.15, 0.2) is 26.0 Å². The molecule has 0 atom stereocenters. The summed E-state index contributed by atoms with van der Waals surface area (Å²) < 4.78 is 4.18. The van der Waals surface area contributed by atoms with Crippen LogP contribution in [0.4, 0.5) is 0 Å². The Kier molecular flexibility index (Phi) is 3.59. The zero-order chi connectivity index (χ0) is 16.9. The summed E-state index contributed by atoms with van der Waals surface area (Å²) in [6.45, 7) is 3.79. The van der Waals surface area contributed by atoms with Crippen LogP contribution >= 0.6 is 11.8 Å². The summed E-state index contributed by atoms with van der Waals surface area (Å²) in [6.07, 6.45) is 0. The molecule has 0 saturated carbocycles. The molecule has 0 bridgehead atoms. The third-order valence-corrected chi connectivity index (χ3v) is 4.48. The van der Waals surface area contributed by atoms with Gasteiger partial charge >= 0.3 is 5.69 Å². The molecule has 3 heterocycles. The number of hydrogen-bond donors (Lipinski definition) is 0. The fraction of sp³-hybridized carbons (Fsp3) is 0.357. The lowest BCUT2D eigenvalue weighted by molar-refractivity contribution is 0.690. The summed E-state index contributed by atoms with van der Waals surface area (Å²) in [5.41, 5.74) is 1.66. The van der Waals surface area contributed by atoms with Gasteiger partial charge in [-0.1, -0.05) is 0 Å². The minimum atomic E-state index is -0.410. The molecule has 0 N–H and O–H groups in total. The molecule has 3 aromatic rings. The molecule has 9 heteroatoms. The second kappa shape index (κ2) is 5.34. The number of rotatable bonds is 2. The maximum atomic E-state index is 12.3. The molecule has 8 nitrogen and oxygen atoms in total. The molecular formula is C14H16N6O2S. The van der Waals surface area contributed by atoms with E-state index in [1.165, 1.54) is 23.4 Å². The molecule has 0 amide bonds. The van der Waals surface area contributed by atoms with Gasteiger partial charge in [-0.15, -0.1) is 0 Å². The van der Waals surface area contributed by atoms with Crippen LogP contribution in [0.1, 0.15) is 11.4 Å². The van der Waals surface area contributed by atoms with Crippen LogP contribution < -0.4 is 11.2 Å². The quantitative estimate of drug-likeness (QED) is 0.636. The van der Waals surface area contributed by atoms with Gasteiger partial charge in [0.2, 0.25) is 0 Å². The molecule has 0 saturated heterocycles. The summed E-state index contributed by atoms with van der Waals surface area (Å²) in [4.78, 5) is 37.4. The second-order valence-corrected chi connectivity index (χ2v) is 6.30. The topological polar surface area (TPSA) is 87.6 Å². The summed E-state index contributed by atoms with van der Waals surface area (Å²) in [7, 11) is 4.82. The van der Waals surface area contributed by atoms with Crippen molar-refractivity contribution in [1.29, 1.82) is 0 Å². The van der Waals surface area contributed by atoms with Crippen molar-refractivity contribution in [1.82, 2.24) is 28.7 Å². The lowest BCUT2D eigenvalue weighted by Crippen LogP contribution is -2.37. The molecule has 0 fully saturated rings. The number of aromatic nitrogens is 6. The zero-order valence-corrected chi connectivity index (χ0v) is 14.3. The molecule has 0 aliphatic rings. The predicted octanol–water partition coefficient (Wildman–Crippen LogP) is 0.529. The highest BCUT2D eigenvalue weighted by Gasteiger charge is 2.18. The lowest BCUT2D eigenvalue weighted by atomic mass is 10.4. The Morgan fingerprint density at radius 3 is 2.13 bits per heavy atom. The molecule has 0 radical (unpaired) electrons. The van der Waals surface area contributed by atoms with Crippen LogP contribution in [0.3, 0.4) is 0 Å². The van der Waals surface area contributed by atoms with E-state index in [0.29, 0.717) is 16.0 Å². The van der Waals surface area contributed by atoms with Crippen molar-refractivity contribution in [2.45, 2.75) is 24.2 Å². The molecule has 0 aromatic carbocycles. The standard InChI is InChI=1S/C14H16N6O2S/c1-7-6-8(2)16-12(15-7)23-13-17-9-10(18(13)3)19(4)14(22)20(5)11(9)21/h6H,1-5H3. The van der Waals surface area contributed by atoms with Crippen LogP contribution in [0.25, 0.3) is 11.2 Å². The molecule has 3 rings (SSSR count). The number of hydrogen-bond acceptors (Lipinski definition) is 6. The number of imidazole rings is 1. The minimum Gasteiger partial charge on any atom is -0.308 e. The lowest BCUT2D eigenvalue weighted by Gasteiger charge is -2.06. The molecule has 23 heavy (non-hydrogen) atoms. The summed E-state index contributed by atoms with van der Waals surface area (Å²) in [6, 6.07) is 1.89. The Morgan fingerprint density at radius 1 is 0.913 bits per heavy atom. The Morgan fingerprint density at radius 2 is 1.52 bits per heavy atom. The first-order valence-corrected chi connectivity index (χ1v) is 7.74. The smallest absolute Gasteiger partial charge is 0.308 e. The van der Waals surface area contributed by atoms with Crippen LogP contribution in [0.5, 0.6) is 0 Å². The Bertz CT molecular complexity index is 1030. The van der Waals surface area contributed by atoms with Crippen molar-refractivity contribution in [2.75, 3.05) is 0 Å². The third kappa shape index (κ3) is 2.46. The van der Waals surface area contributed by atoms with Crippen molar-refractivity contribution in [3.63, 3.8) is 0 Å². The van der Waals surface area contributed by atoms with E-state index in [-0.39, 0.29) is 11.2 Å². The van der Waals surface area contributed by atoms with E-state index in [2.05, 4.69) is 15.0 Å². The number of aryl methyl sites for hydroxylation is 4. The van der Waals surface area contributed by atoms with E-state index in [0.717, 1.165) is 16.0 Å². The monoisotopic (exact) mass is 332 g/mol. The normalized spacial score (nSPS) is 11.3. The maximum absolute atomic E-state index is 12.3. The first-order valence-electron chi connectivity index (χ1n) is 6.92. The largest absolute Gasteiger partial charge is 0.332 e. The van der Waals surface area contributed by atoms with Crippen LogP contribution in [-0.2, 0) is 21.1 Å². The molecule has 0 aliphatic heterocycles. The van der Waals surface area contributed by atoms with Crippen LogP contribution in [-0.4, -0.2) is 28.7 Å². The highest BCUT2D eigenvalue weighted by atomic mass is 32.2. The average Bonchev–Trinajstić information content (AvgIpc) is 2.79. The van der Waals surface area contributed by atoms with Crippen molar-refractivity contribution < 1.29 is 0 Å². The first kappa shape index (κ1) is 15.5. The maximum Gasteiger partial charge on any atom is 0.332 e. The summed E-state index contributed by atoms with van der Waals surface area (Å²) >= 11 is 1.26. The van der Waals surface area contributed by atoms with E-state index in [4.69, 9.17) is 0 Å². The van der Waals surface area contributed by atoms with Gasteiger partial charge in [0.15, 0.2) is 21.5 Å². The van der Waals surface area contributed by atoms with Crippen LogP contribution in [0, 0.1) is 13.8 Å². The molecule has 120 valence electrons. The first-order chi connectivity index (χ1) is 10.8. The third-order valence-electron chi connectivity index (χ3n) is 3.57. The van der Waals surface area contributed by atoms with Gasteiger partial charge in [-0.05, 0) is 31.7 Å².